The highest BCUT2D eigenvalue weighted by atomic mass is 32.2. The highest BCUT2D eigenvalue weighted by Gasteiger charge is 2.09. The van der Waals surface area contributed by atoms with Crippen LogP contribution in [-0.2, 0) is 6.42 Å². The number of hydrogen-bond acceptors (Lipinski definition) is 3. The monoisotopic (exact) mass is 277 g/mol. The number of rotatable bonds is 5. The summed E-state index contributed by atoms with van der Waals surface area (Å²) in [5, 5.41) is 2.12. The van der Waals surface area contributed by atoms with E-state index in [2.05, 4.69) is 49.6 Å². The number of hydrogen-bond donors (Lipinski definition) is 1. The summed E-state index contributed by atoms with van der Waals surface area (Å²) in [7, 11) is 0. The molecule has 0 saturated heterocycles. The van der Waals surface area contributed by atoms with Crippen LogP contribution in [0.5, 0.6) is 0 Å². The largest absolute Gasteiger partial charge is 0.327 e. The fraction of sp³-hybridized carbons (Fsp3) is 0.333. The first-order valence-electron chi connectivity index (χ1n) is 6.25. The van der Waals surface area contributed by atoms with Crippen molar-refractivity contribution in [1.29, 1.82) is 0 Å². The molecule has 96 valence electrons. The van der Waals surface area contributed by atoms with E-state index in [0.29, 0.717) is 0 Å². The topological polar surface area (TPSA) is 26.0 Å². The van der Waals surface area contributed by atoms with Gasteiger partial charge in [0.1, 0.15) is 0 Å². The number of benzene rings is 1. The molecule has 2 N–H and O–H groups in total. The summed E-state index contributed by atoms with van der Waals surface area (Å²) < 4.78 is 1.34. The van der Waals surface area contributed by atoms with Gasteiger partial charge in [0, 0.05) is 10.9 Å². The predicted octanol–water partition coefficient (Wildman–Crippen LogP) is 4.49. The standard InChI is InChI=1S/C15H19NS2/c1-3-13(16)10-12-9-11(2)6-7-14(12)18-15-5-4-8-17-15/h4-9,13H,3,10,16H2,1-2H3. The van der Waals surface area contributed by atoms with E-state index in [1.54, 1.807) is 11.3 Å². The average Bonchev–Trinajstić information content (AvgIpc) is 2.85. The molecule has 0 saturated carbocycles. The van der Waals surface area contributed by atoms with Gasteiger partial charge in [-0.3, -0.25) is 0 Å². The summed E-state index contributed by atoms with van der Waals surface area (Å²) in [5.74, 6) is 0. The molecule has 1 nitrogen and oxygen atoms in total. The predicted molar refractivity (Wildman–Crippen MR) is 81.6 cm³/mol. The minimum atomic E-state index is 0.259. The van der Waals surface area contributed by atoms with Crippen LogP contribution < -0.4 is 5.73 Å². The molecule has 0 bridgehead atoms. The average molecular weight is 277 g/mol. The first kappa shape index (κ1) is 13.7. The molecule has 0 aliphatic rings. The molecule has 2 rings (SSSR count). The van der Waals surface area contributed by atoms with Gasteiger partial charge < -0.3 is 5.73 Å². The Labute approximate surface area is 117 Å². The van der Waals surface area contributed by atoms with E-state index >= 15 is 0 Å². The van der Waals surface area contributed by atoms with Gasteiger partial charge in [-0.05, 0) is 42.8 Å². The van der Waals surface area contributed by atoms with Gasteiger partial charge in [-0.15, -0.1) is 11.3 Å². The van der Waals surface area contributed by atoms with Gasteiger partial charge in [0.2, 0.25) is 0 Å². The second-order valence-corrected chi connectivity index (χ2v) is 6.81. The van der Waals surface area contributed by atoms with Crippen LogP contribution in [0.2, 0.25) is 0 Å². The zero-order valence-electron chi connectivity index (χ0n) is 10.8. The molecule has 0 aliphatic heterocycles. The minimum Gasteiger partial charge on any atom is -0.327 e. The number of aryl methyl sites for hydroxylation is 1. The third-order valence-electron chi connectivity index (χ3n) is 2.93. The second kappa shape index (κ2) is 6.41. The van der Waals surface area contributed by atoms with Crippen molar-refractivity contribution in [2.75, 3.05) is 0 Å². The van der Waals surface area contributed by atoms with Gasteiger partial charge in [-0.2, -0.15) is 0 Å². The van der Waals surface area contributed by atoms with E-state index in [4.69, 9.17) is 5.73 Å². The lowest BCUT2D eigenvalue weighted by atomic mass is 10.0. The summed E-state index contributed by atoms with van der Waals surface area (Å²) in [5.41, 5.74) is 8.78. The van der Waals surface area contributed by atoms with Crippen molar-refractivity contribution in [2.24, 2.45) is 5.73 Å². The molecule has 2 aromatic rings. The second-order valence-electron chi connectivity index (χ2n) is 4.52. The van der Waals surface area contributed by atoms with Gasteiger partial charge in [0.15, 0.2) is 0 Å². The Hall–Kier alpha value is -0.770. The number of nitrogens with two attached hydrogens (primary N) is 1. The Morgan fingerprint density at radius 2 is 2.17 bits per heavy atom. The van der Waals surface area contributed by atoms with Crippen molar-refractivity contribution in [3.05, 3.63) is 46.8 Å². The summed E-state index contributed by atoms with van der Waals surface area (Å²) in [6.45, 7) is 4.28. The van der Waals surface area contributed by atoms with Crippen molar-refractivity contribution >= 4 is 23.1 Å². The number of thiophene rings is 1. The van der Waals surface area contributed by atoms with E-state index in [0.717, 1.165) is 12.8 Å². The molecule has 3 heteroatoms. The van der Waals surface area contributed by atoms with Gasteiger partial charge in [0.05, 0.1) is 4.21 Å². The van der Waals surface area contributed by atoms with Crippen LogP contribution >= 0.6 is 23.1 Å². The van der Waals surface area contributed by atoms with Gasteiger partial charge in [-0.1, -0.05) is 42.4 Å². The molecular weight excluding hydrogens is 258 g/mol. The fourth-order valence-corrected chi connectivity index (χ4v) is 3.67. The molecule has 18 heavy (non-hydrogen) atoms. The van der Waals surface area contributed by atoms with E-state index in [9.17, 15) is 0 Å². The van der Waals surface area contributed by atoms with Crippen LogP contribution in [0.15, 0.2) is 44.8 Å². The Bertz CT molecular complexity index is 491. The van der Waals surface area contributed by atoms with E-state index in [-0.39, 0.29) is 6.04 Å². The highest BCUT2D eigenvalue weighted by Crippen LogP contribution is 2.34. The lowest BCUT2D eigenvalue weighted by Gasteiger charge is -2.13. The Balaban J connectivity index is 2.22. The SMILES string of the molecule is CCC(N)Cc1cc(C)ccc1Sc1cccs1. The fourth-order valence-electron chi connectivity index (χ4n) is 1.82. The summed E-state index contributed by atoms with van der Waals surface area (Å²) >= 11 is 3.63. The van der Waals surface area contributed by atoms with E-state index in [1.807, 2.05) is 11.8 Å². The Kier molecular flexibility index (Phi) is 4.87. The molecule has 0 aliphatic carbocycles. The maximum Gasteiger partial charge on any atom is 0.0646 e. The van der Waals surface area contributed by atoms with E-state index < -0.39 is 0 Å². The lowest BCUT2D eigenvalue weighted by molar-refractivity contribution is 0.641. The van der Waals surface area contributed by atoms with Gasteiger partial charge in [0.25, 0.3) is 0 Å². The van der Waals surface area contributed by atoms with Crippen LogP contribution in [-0.4, -0.2) is 6.04 Å². The van der Waals surface area contributed by atoms with Gasteiger partial charge >= 0.3 is 0 Å². The molecular formula is C15H19NS2. The normalized spacial score (nSPS) is 12.6. The van der Waals surface area contributed by atoms with Crippen molar-refractivity contribution in [3.8, 4) is 0 Å². The van der Waals surface area contributed by atoms with Crippen LogP contribution in [0.25, 0.3) is 0 Å². The maximum absolute atomic E-state index is 6.09. The Morgan fingerprint density at radius 3 is 2.83 bits per heavy atom. The molecule has 1 unspecified atom stereocenters. The first-order valence-corrected chi connectivity index (χ1v) is 7.95. The molecule has 0 amide bonds. The van der Waals surface area contributed by atoms with Crippen molar-refractivity contribution in [3.63, 3.8) is 0 Å². The zero-order valence-corrected chi connectivity index (χ0v) is 12.5. The lowest BCUT2D eigenvalue weighted by Crippen LogP contribution is -2.21. The maximum atomic E-state index is 6.09. The van der Waals surface area contributed by atoms with Crippen LogP contribution in [0.4, 0.5) is 0 Å². The molecule has 0 fully saturated rings. The summed E-state index contributed by atoms with van der Waals surface area (Å²) in [6, 6.07) is 11.2. The summed E-state index contributed by atoms with van der Waals surface area (Å²) in [4.78, 5) is 1.34. The first-order chi connectivity index (χ1) is 8.69. The van der Waals surface area contributed by atoms with Crippen LogP contribution in [0, 0.1) is 6.92 Å². The third kappa shape index (κ3) is 3.61. The minimum absolute atomic E-state index is 0.259. The molecule has 0 radical (unpaired) electrons. The van der Waals surface area contributed by atoms with Crippen molar-refractivity contribution in [1.82, 2.24) is 0 Å². The zero-order chi connectivity index (χ0) is 13.0. The Morgan fingerprint density at radius 1 is 1.33 bits per heavy atom. The van der Waals surface area contributed by atoms with Crippen molar-refractivity contribution in [2.45, 2.75) is 41.8 Å². The molecule has 1 atom stereocenters. The van der Waals surface area contributed by atoms with E-state index in [1.165, 1.54) is 20.2 Å². The molecule has 1 aromatic heterocycles. The highest BCUT2D eigenvalue weighted by molar-refractivity contribution is 8.01. The van der Waals surface area contributed by atoms with Crippen LogP contribution in [0.3, 0.4) is 0 Å². The van der Waals surface area contributed by atoms with Crippen molar-refractivity contribution < 1.29 is 0 Å². The quantitative estimate of drug-likeness (QED) is 0.871. The molecule has 1 heterocycles. The van der Waals surface area contributed by atoms with Crippen LogP contribution in [0.1, 0.15) is 24.5 Å². The smallest absolute Gasteiger partial charge is 0.0646 e. The van der Waals surface area contributed by atoms with Gasteiger partial charge in [-0.25, -0.2) is 0 Å². The molecule has 0 spiro atoms. The third-order valence-corrected chi connectivity index (χ3v) is 5.08. The summed E-state index contributed by atoms with van der Waals surface area (Å²) in [6.07, 6.45) is 1.99. The molecule has 1 aromatic carbocycles.